The highest BCUT2D eigenvalue weighted by atomic mass is 16.3. The number of rotatable bonds is 2. The Morgan fingerprint density at radius 3 is 1.86 bits per heavy atom. The lowest BCUT2D eigenvalue weighted by atomic mass is 9.78. The van der Waals surface area contributed by atoms with Crippen LogP contribution in [-0.4, -0.2) is 15.2 Å². The minimum Gasteiger partial charge on any atom is -0.507 e. The molecule has 4 heteroatoms. The zero-order valence-corrected chi connectivity index (χ0v) is 14.2. The molecule has 0 aliphatic heterocycles. The van der Waals surface area contributed by atoms with Gasteiger partial charge in [-0.15, -0.1) is 0 Å². The molecule has 0 saturated heterocycles. The molecule has 1 aromatic carbocycles. The lowest BCUT2D eigenvalue weighted by molar-refractivity contribution is 0.276. The van der Waals surface area contributed by atoms with Gasteiger partial charge in [0.15, 0.2) is 0 Å². The van der Waals surface area contributed by atoms with Crippen molar-refractivity contribution in [1.82, 2.24) is 4.98 Å². The molecule has 1 aromatic heterocycles. The Balaban J connectivity index is 2.70. The molecule has 0 radical (unpaired) electrons. The number of oxazole rings is 1. The Hall–Kier alpha value is -1.81. The minimum atomic E-state index is -0.202. The second-order valence-corrected chi connectivity index (χ2v) is 7.72. The van der Waals surface area contributed by atoms with Crippen molar-refractivity contribution >= 4 is 0 Å². The first-order valence-corrected chi connectivity index (χ1v) is 7.47. The summed E-state index contributed by atoms with van der Waals surface area (Å²) in [7, 11) is 0. The highest BCUT2D eigenvalue weighted by Crippen LogP contribution is 2.41. The number of aliphatic hydroxyl groups excluding tert-OH is 1. The van der Waals surface area contributed by atoms with Gasteiger partial charge in [-0.2, -0.15) is 0 Å². The largest absolute Gasteiger partial charge is 0.507 e. The van der Waals surface area contributed by atoms with Crippen LogP contribution >= 0.6 is 0 Å². The van der Waals surface area contributed by atoms with Gasteiger partial charge in [0.1, 0.15) is 17.7 Å². The van der Waals surface area contributed by atoms with Crippen LogP contribution in [0.25, 0.3) is 11.5 Å². The predicted molar refractivity (Wildman–Crippen MR) is 86.9 cm³/mol. The van der Waals surface area contributed by atoms with E-state index in [2.05, 4.69) is 46.5 Å². The number of phenols is 1. The Morgan fingerprint density at radius 2 is 1.50 bits per heavy atom. The molecule has 2 aromatic rings. The van der Waals surface area contributed by atoms with Crippen LogP contribution in [0.4, 0.5) is 0 Å². The molecular formula is C18H25NO3. The zero-order chi connectivity index (χ0) is 16.7. The molecular weight excluding hydrogens is 278 g/mol. The molecule has 0 atom stereocenters. The average Bonchev–Trinajstić information content (AvgIpc) is 2.85. The topological polar surface area (TPSA) is 66.5 Å². The van der Waals surface area contributed by atoms with E-state index in [0.29, 0.717) is 17.3 Å². The summed E-state index contributed by atoms with van der Waals surface area (Å²) < 4.78 is 5.46. The van der Waals surface area contributed by atoms with Crippen molar-refractivity contribution in [2.45, 2.75) is 59.0 Å². The maximum absolute atomic E-state index is 10.7. The van der Waals surface area contributed by atoms with E-state index < -0.39 is 0 Å². The average molecular weight is 303 g/mol. The quantitative estimate of drug-likeness (QED) is 0.875. The summed E-state index contributed by atoms with van der Waals surface area (Å²) >= 11 is 0. The predicted octanol–water partition coefficient (Wildman–Crippen LogP) is 4.13. The summed E-state index contributed by atoms with van der Waals surface area (Å²) in [6.07, 6.45) is 1.45. The SMILES string of the molecule is CC(C)(C)c1cc(-c2nc(CO)co2)cc(C(C)(C)C)c1O. The van der Waals surface area contributed by atoms with E-state index in [1.165, 1.54) is 6.26 Å². The van der Waals surface area contributed by atoms with Crippen molar-refractivity contribution in [2.75, 3.05) is 0 Å². The third-order valence-corrected chi connectivity index (χ3v) is 3.69. The summed E-state index contributed by atoms with van der Waals surface area (Å²) in [5, 5.41) is 19.8. The molecule has 0 aliphatic carbocycles. The van der Waals surface area contributed by atoms with Crippen molar-refractivity contribution in [3.8, 4) is 17.2 Å². The van der Waals surface area contributed by atoms with Gasteiger partial charge < -0.3 is 14.6 Å². The van der Waals surface area contributed by atoms with E-state index in [1.54, 1.807) is 0 Å². The van der Waals surface area contributed by atoms with Gasteiger partial charge in [0.25, 0.3) is 0 Å². The third kappa shape index (κ3) is 3.17. The zero-order valence-electron chi connectivity index (χ0n) is 14.2. The highest BCUT2D eigenvalue weighted by Gasteiger charge is 2.27. The first-order valence-electron chi connectivity index (χ1n) is 7.47. The maximum Gasteiger partial charge on any atom is 0.226 e. The number of hydrogen-bond donors (Lipinski definition) is 2. The molecule has 0 saturated carbocycles. The summed E-state index contributed by atoms with van der Waals surface area (Å²) in [6.45, 7) is 12.2. The van der Waals surface area contributed by atoms with Gasteiger partial charge in [0.2, 0.25) is 5.89 Å². The van der Waals surface area contributed by atoms with Crippen molar-refractivity contribution in [2.24, 2.45) is 0 Å². The first-order chi connectivity index (χ1) is 10.0. The summed E-state index contributed by atoms with van der Waals surface area (Å²) in [5.41, 5.74) is 2.63. The van der Waals surface area contributed by atoms with Crippen LogP contribution in [0.3, 0.4) is 0 Å². The smallest absolute Gasteiger partial charge is 0.226 e. The van der Waals surface area contributed by atoms with Crippen LogP contribution in [0.2, 0.25) is 0 Å². The van der Waals surface area contributed by atoms with Gasteiger partial charge in [0, 0.05) is 16.7 Å². The monoisotopic (exact) mass is 303 g/mol. The van der Waals surface area contributed by atoms with Crippen LogP contribution in [-0.2, 0) is 17.4 Å². The molecule has 4 nitrogen and oxygen atoms in total. The van der Waals surface area contributed by atoms with E-state index in [4.69, 9.17) is 9.52 Å². The number of nitrogens with zero attached hydrogens (tertiary/aromatic N) is 1. The number of aromatic hydroxyl groups is 1. The minimum absolute atomic E-state index is 0.153. The van der Waals surface area contributed by atoms with Crippen LogP contribution in [0.1, 0.15) is 58.4 Å². The molecule has 0 amide bonds. The molecule has 2 N–H and O–H groups in total. The molecule has 1 heterocycles. The van der Waals surface area contributed by atoms with Crippen LogP contribution in [0, 0.1) is 0 Å². The summed E-state index contributed by atoms with van der Waals surface area (Å²) in [5.74, 6) is 0.790. The molecule has 0 unspecified atom stereocenters. The van der Waals surface area contributed by atoms with E-state index >= 15 is 0 Å². The number of aliphatic hydroxyl groups is 1. The molecule has 0 aliphatic rings. The number of hydrogen-bond acceptors (Lipinski definition) is 4. The van der Waals surface area contributed by atoms with Crippen molar-refractivity contribution in [3.63, 3.8) is 0 Å². The van der Waals surface area contributed by atoms with E-state index in [1.807, 2.05) is 12.1 Å². The lowest BCUT2D eigenvalue weighted by Gasteiger charge is -2.27. The van der Waals surface area contributed by atoms with Gasteiger partial charge >= 0.3 is 0 Å². The molecule has 0 fully saturated rings. The molecule has 22 heavy (non-hydrogen) atoms. The van der Waals surface area contributed by atoms with Gasteiger partial charge in [-0.25, -0.2) is 4.98 Å². The standard InChI is InChI=1S/C18H25NO3/c1-17(2,3)13-7-11(16-19-12(9-20)10-22-16)8-14(15(13)21)18(4,5)6/h7-8,10,20-21H,9H2,1-6H3. The Kier molecular flexibility index (Phi) is 4.09. The fraction of sp³-hybridized carbons (Fsp3) is 0.500. The first kappa shape index (κ1) is 16.6. The lowest BCUT2D eigenvalue weighted by Crippen LogP contribution is -2.17. The van der Waals surface area contributed by atoms with E-state index in [0.717, 1.165) is 16.7 Å². The van der Waals surface area contributed by atoms with E-state index in [-0.39, 0.29) is 17.4 Å². The Bertz CT molecular complexity index is 637. The van der Waals surface area contributed by atoms with E-state index in [9.17, 15) is 5.11 Å². The Labute approximate surface area is 131 Å². The maximum atomic E-state index is 10.7. The summed E-state index contributed by atoms with van der Waals surface area (Å²) in [6, 6.07) is 3.83. The van der Waals surface area contributed by atoms with Crippen molar-refractivity contribution in [3.05, 3.63) is 35.2 Å². The third-order valence-electron chi connectivity index (χ3n) is 3.69. The second-order valence-electron chi connectivity index (χ2n) is 7.72. The fourth-order valence-electron chi connectivity index (χ4n) is 2.41. The van der Waals surface area contributed by atoms with Crippen molar-refractivity contribution < 1.29 is 14.6 Å². The van der Waals surface area contributed by atoms with Gasteiger partial charge in [0.05, 0.1) is 6.61 Å². The van der Waals surface area contributed by atoms with Gasteiger partial charge in [-0.1, -0.05) is 41.5 Å². The summed E-state index contributed by atoms with van der Waals surface area (Å²) in [4.78, 5) is 4.28. The van der Waals surface area contributed by atoms with Crippen LogP contribution < -0.4 is 0 Å². The van der Waals surface area contributed by atoms with Gasteiger partial charge in [-0.05, 0) is 23.0 Å². The number of benzene rings is 1. The molecule has 0 bridgehead atoms. The normalized spacial score (nSPS) is 12.7. The fourth-order valence-corrected chi connectivity index (χ4v) is 2.41. The molecule has 2 rings (SSSR count). The number of aromatic nitrogens is 1. The molecule has 0 spiro atoms. The highest BCUT2D eigenvalue weighted by molar-refractivity contribution is 5.63. The second kappa shape index (κ2) is 5.43. The number of phenolic OH excluding ortho intramolecular Hbond substituents is 1. The molecule has 120 valence electrons. The van der Waals surface area contributed by atoms with Gasteiger partial charge in [-0.3, -0.25) is 0 Å². The Morgan fingerprint density at radius 1 is 1.00 bits per heavy atom. The van der Waals surface area contributed by atoms with Crippen LogP contribution in [0.5, 0.6) is 5.75 Å². The van der Waals surface area contributed by atoms with Crippen molar-refractivity contribution in [1.29, 1.82) is 0 Å². The van der Waals surface area contributed by atoms with Crippen LogP contribution in [0.15, 0.2) is 22.8 Å².